The Bertz CT molecular complexity index is 272. The second kappa shape index (κ2) is 7.84. The van der Waals surface area contributed by atoms with Gasteiger partial charge in [0.25, 0.3) is 0 Å². The molecule has 92 valence electrons. The number of hydrazone groups is 1. The van der Waals surface area contributed by atoms with Crippen LogP contribution in [0.1, 0.15) is 40.5 Å². The van der Waals surface area contributed by atoms with Crippen LogP contribution in [-0.4, -0.2) is 24.1 Å². The van der Waals surface area contributed by atoms with Crippen LogP contribution in [0.3, 0.4) is 0 Å². The molecule has 2 N–H and O–H groups in total. The molecule has 0 rings (SSSR count). The smallest absolute Gasteiger partial charge is 0.239 e. The molecule has 2 amide bonds. The van der Waals surface area contributed by atoms with Crippen molar-refractivity contribution in [3.05, 3.63) is 0 Å². The van der Waals surface area contributed by atoms with Crippen LogP contribution in [0.2, 0.25) is 0 Å². The summed E-state index contributed by atoms with van der Waals surface area (Å²) in [5.74, 6) is 0.212. The summed E-state index contributed by atoms with van der Waals surface area (Å²) in [6, 6.07) is 0. The lowest BCUT2D eigenvalue weighted by Crippen LogP contribution is -2.29. The highest BCUT2D eigenvalue weighted by atomic mass is 16.2. The number of nitrogens with one attached hydrogen (secondary N) is 2. The Morgan fingerprint density at radius 2 is 1.88 bits per heavy atom. The third kappa shape index (κ3) is 7.96. The Balaban J connectivity index is 3.89. The topological polar surface area (TPSA) is 70.6 Å². The summed E-state index contributed by atoms with van der Waals surface area (Å²) in [6.45, 7) is 8.18. The van der Waals surface area contributed by atoms with E-state index in [1.165, 1.54) is 0 Å². The van der Waals surface area contributed by atoms with E-state index in [9.17, 15) is 9.59 Å². The van der Waals surface area contributed by atoms with Gasteiger partial charge in [0, 0.05) is 18.7 Å². The molecule has 0 aliphatic heterocycles. The zero-order valence-corrected chi connectivity index (χ0v) is 10.5. The molecule has 0 saturated heterocycles. The van der Waals surface area contributed by atoms with Crippen molar-refractivity contribution in [1.29, 1.82) is 0 Å². The predicted molar refractivity (Wildman–Crippen MR) is 64.0 cm³/mol. The first-order chi connectivity index (χ1) is 7.45. The standard InChI is InChI=1S/C11H21N3O2/c1-5-10(15)14-13-9(4)6-11(16)12-7-8(2)3/h8H,5-7H2,1-4H3,(H,12,16)(H,14,15). The van der Waals surface area contributed by atoms with Gasteiger partial charge in [-0.25, -0.2) is 5.43 Å². The summed E-state index contributed by atoms with van der Waals surface area (Å²) in [4.78, 5) is 22.3. The largest absolute Gasteiger partial charge is 0.356 e. The molecule has 0 radical (unpaired) electrons. The van der Waals surface area contributed by atoms with Crippen LogP contribution in [0.15, 0.2) is 5.10 Å². The highest BCUT2D eigenvalue weighted by Crippen LogP contribution is 1.90. The summed E-state index contributed by atoms with van der Waals surface area (Å²) in [5.41, 5.74) is 2.97. The van der Waals surface area contributed by atoms with Crippen molar-refractivity contribution in [2.45, 2.75) is 40.5 Å². The van der Waals surface area contributed by atoms with Crippen LogP contribution in [0.25, 0.3) is 0 Å². The molecular weight excluding hydrogens is 206 g/mol. The lowest BCUT2D eigenvalue weighted by molar-refractivity contribution is -0.121. The normalized spacial score (nSPS) is 11.4. The first-order valence-corrected chi connectivity index (χ1v) is 5.54. The molecule has 0 aliphatic rings. The van der Waals surface area contributed by atoms with Gasteiger partial charge in [-0.05, 0) is 12.8 Å². The molecule has 0 heterocycles. The zero-order valence-electron chi connectivity index (χ0n) is 10.5. The van der Waals surface area contributed by atoms with E-state index in [-0.39, 0.29) is 18.2 Å². The van der Waals surface area contributed by atoms with Crippen molar-refractivity contribution >= 4 is 17.5 Å². The minimum absolute atomic E-state index is 0.0688. The Hall–Kier alpha value is -1.39. The molecule has 16 heavy (non-hydrogen) atoms. The molecule has 0 bridgehead atoms. The van der Waals surface area contributed by atoms with E-state index in [1.807, 2.05) is 13.8 Å². The number of carbonyl (C=O) groups excluding carboxylic acids is 2. The molecule has 0 aromatic heterocycles. The number of rotatable bonds is 6. The third-order valence-electron chi connectivity index (χ3n) is 1.82. The molecule has 0 aliphatic carbocycles. The van der Waals surface area contributed by atoms with Crippen LogP contribution in [0, 0.1) is 5.92 Å². The maximum absolute atomic E-state index is 11.4. The van der Waals surface area contributed by atoms with Crippen LogP contribution in [-0.2, 0) is 9.59 Å². The van der Waals surface area contributed by atoms with Crippen LogP contribution >= 0.6 is 0 Å². The Morgan fingerprint density at radius 3 is 2.38 bits per heavy atom. The van der Waals surface area contributed by atoms with Gasteiger partial charge in [-0.3, -0.25) is 9.59 Å². The number of carbonyl (C=O) groups is 2. The highest BCUT2D eigenvalue weighted by Gasteiger charge is 2.04. The van der Waals surface area contributed by atoms with Crippen molar-refractivity contribution in [1.82, 2.24) is 10.7 Å². The van der Waals surface area contributed by atoms with Gasteiger partial charge in [0.1, 0.15) is 0 Å². The molecule has 0 atom stereocenters. The van der Waals surface area contributed by atoms with Crippen molar-refractivity contribution < 1.29 is 9.59 Å². The first-order valence-electron chi connectivity index (χ1n) is 5.54. The fourth-order valence-corrected chi connectivity index (χ4v) is 0.889. The molecule has 5 nitrogen and oxygen atoms in total. The maximum Gasteiger partial charge on any atom is 0.239 e. The number of hydrogen-bond donors (Lipinski definition) is 2. The number of hydrogen-bond acceptors (Lipinski definition) is 3. The minimum atomic E-state index is -0.151. The van der Waals surface area contributed by atoms with E-state index >= 15 is 0 Å². The quantitative estimate of drug-likeness (QED) is 0.526. The average molecular weight is 227 g/mol. The third-order valence-corrected chi connectivity index (χ3v) is 1.82. The molecule has 0 spiro atoms. The van der Waals surface area contributed by atoms with Crippen molar-refractivity contribution in [3.63, 3.8) is 0 Å². The lowest BCUT2D eigenvalue weighted by Gasteiger charge is -2.07. The van der Waals surface area contributed by atoms with Gasteiger partial charge in [-0.15, -0.1) is 0 Å². The Labute approximate surface area is 96.7 Å². The van der Waals surface area contributed by atoms with Crippen molar-refractivity contribution in [3.8, 4) is 0 Å². The second-order valence-corrected chi connectivity index (χ2v) is 4.11. The van der Waals surface area contributed by atoms with E-state index in [4.69, 9.17) is 0 Å². The predicted octanol–water partition coefficient (Wildman–Crippen LogP) is 1.05. The molecule has 0 aromatic rings. The maximum atomic E-state index is 11.4. The van der Waals surface area contributed by atoms with Crippen molar-refractivity contribution in [2.24, 2.45) is 11.0 Å². The zero-order chi connectivity index (χ0) is 12.6. The van der Waals surface area contributed by atoms with E-state index in [0.29, 0.717) is 24.6 Å². The van der Waals surface area contributed by atoms with Gasteiger partial charge in [-0.2, -0.15) is 5.10 Å². The fraction of sp³-hybridized carbons (Fsp3) is 0.727. The van der Waals surface area contributed by atoms with Gasteiger partial charge < -0.3 is 5.32 Å². The molecular formula is C11H21N3O2. The van der Waals surface area contributed by atoms with Gasteiger partial charge in [-0.1, -0.05) is 20.8 Å². The van der Waals surface area contributed by atoms with E-state index in [0.717, 1.165) is 0 Å². The van der Waals surface area contributed by atoms with Gasteiger partial charge in [0.05, 0.1) is 6.42 Å². The summed E-state index contributed by atoms with van der Waals surface area (Å²) >= 11 is 0. The second-order valence-electron chi connectivity index (χ2n) is 4.11. The highest BCUT2D eigenvalue weighted by molar-refractivity contribution is 6.00. The molecule has 5 heteroatoms. The van der Waals surface area contributed by atoms with Gasteiger partial charge >= 0.3 is 0 Å². The van der Waals surface area contributed by atoms with E-state index in [2.05, 4.69) is 15.8 Å². The molecule has 0 fully saturated rings. The number of amides is 2. The molecule has 0 aromatic carbocycles. The fourth-order valence-electron chi connectivity index (χ4n) is 0.889. The Morgan fingerprint density at radius 1 is 1.25 bits per heavy atom. The van der Waals surface area contributed by atoms with E-state index < -0.39 is 0 Å². The summed E-state index contributed by atoms with van der Waals surface area (Å²) in [6.07, 6.45) is 0.604. The first kappa shape index (κ1) is 14.6. The molecule has 0 saturated carbocycles. The van der Waals surface area contributed by atoms with Crippen LogP contribution in [0.4, 0.5) is 0 Å². The monoisotopic (exact) mass is 227 g/mol. The van der Waals surface area contributed by atoms with Crippen LogP contribution in [0.5, 0.6) is 0 Å². The van der Waals surface area contributed by atoms with Gasteiger partial charge in [0.15, 0.2) is 0 Å². The lowest BCUT2D eigenvalue weighted by atomic mass is 10.2. The minimum Gasteiger partial charge on any atom is -0.356 e. The van der Waals surface area contributed by atoms with Crippen LogP contribution < -0.4 is 10.7 Å². The van der Waals surface area contributed by atoms with E-state index in [1.54, 1.807) is 13.8 Å². The summed E-state index contributed by atoms with van der Waals surface area (Å²) in [7, 11) is 0. The Kier molecular flexibility index (Phi) is 7.16. The van der Waals surface area contributed by atoms with Crippen molar-refractivity contribution in [2.75, 3.05) is 6.54 Å². The summed E-state index contributed by atoms with van der Waals surface area (Å²) in [5, 5.41) is 6.60. The molecule has 0 unspecified atom stereocenters. The summed E-state index contributed by atoms with van der Waals surface area (Å²) < 4.78 is 0. The van der Waals surface area contributed by atoms with Gasteiger partial charge in [0.2, 0.25) is 11.8 Å². The number of nitrogens with zero attached hydrogens (tertiary/aromatic N) is 1. The SMILES string of the molecule is CCC(=O)NN=C(C)CC(=O)NCC(C)C. The average Bonchev–Trinajstić information content (AvgIpc) is 2.23.